The highest BCUT2D eigenvalue weighted by atomic mass is 19.1. The number of aliphatic hydroxyl groups is 1. The highest BCUT2D eigenvalue weighted by Crippen LogP contribution is 2.48. The summed E-state index contributed by atoms with van der Waals surface area (Å²) in [5.74, 6) is -0.922. The van der Waals surface area contributed by atoms with Crippen LogP contribution in [0.15, 0.2) is 18.2 Å². The van der Waals surface area contributed by atoms with Crippen LogP contribution in [0.1, 0.15) is 45.6 Å². The number of hydrogen-bond donors (Lipinski definition) is 1. The zero-order valence-corrected chi connectivity index (χ0v) is 11.1. The number of rotatable bonds is 1. The molecule has 1 aliphatic rings. The minimum Gasteiger partial charge on any atom is -0.385 e. The zero-order chi connectivity index (χ0) is 13.6. The maximum Gasteiger partial charge on any atom is 0.126 e. The Morgan fingerprint density at radius 2 is 1.67 bits per heavy atom. The van der Waals surface area contributed by atoms with Gasteiger partial charge in [-0.2, -0.15) is 0 Å². The molecule has 1 saturated carbocycles. The summed E-state index contributed by atoms with van der Waals surface area (Å²) >= 11 is 0. The molecule has 3 heteroatoms. The van der Waals surface area contributed by atoms with Gasteiger partial charge < -0.3 is 5.11 Å². The Morgan fingerprint density at radius 1 is 1.11 bits per heavy atom. The van der Waals surface area contributed by atoms with E-state index in [1.807, 2.05) is 0 Å². The van der Waals surface area contributed by atoms with Crippen molar-refractivity contribution in [1.29, 1.82) is 0 Å². The van der Waals surface area contributed by atoms with Crippen LogP contribution in [0.25, 0.3) is 0 Å². The van der Waals surface area contributed by atoms with Gasteiger partial charge >= 0.3 is 0 Å². The highest BCUT2D eigenvalue weighted by Gasteiger charge is 2.42. The molecule has 0 aliphatic heterocycles. The van der Waals surface area contributed by atoms with Crippen molar-refractivity contribution in [2.45, 2.75) is 45.6 Å². The van der Waals surface area contributed by atoms with Gasteiger partial charge in [0.2, 0.25) is 0 Å². The van der Waals surface area contributed by atoms with Gasteiger partial charge in [0.05, 0.1) is 5.60 Å². The van der Waals surface area contributed by atoms with E-state index in [9.17, 15) is 13.9 Å². The molecule has 1 nitrogen and oxygen atoms in total. The van der Waals surface area contributed by atoms with Gasteiger partial charge in [-0.3, -0.25) is 0 Å². The Labute approximate surface area is 107 Å². The van der Waals surface area contributed by atoms with Crippen molar-refractivity contribution in [3.8, 4) is 0 Å². The first-order valence-corrected chi connectivity index (χ1v) is 6.39. The fourth-order valence-corrected chi connectivity index (χ4v) is 3.57. The summed E-state index contributed by atoms with van der Waals surface area (Å²) < 4.78 is 26.6. The van der Waals surface area contributed by atoms with E-state index >= 15 is 0 Å². The van der Waals surface area contributed by atoms with Gasteiger partial charge in [-0.15, -0.1) is 0 Å². The molecule has 1 fully saturated rings. The minimum atomic E-state index is -1.12. The van der Waals surface area contributed by atoms with E-state index in [1.54, 1.807) is 0 Å². The fourth-order valence-electron chi connectivity index (χ4n) is 3.57. The molecule has 0 amide bonds. The highest BCUT2D eigenvalue weighted by molar-refractivity contribution is 5.25. The van der Waals surface area contributed by atoms with Crippen molar-refractivity contribution in [3.05, 3.63) is 35.4 Å². The molecule has 0 radical (unpaired) electrons. The lowest BCUT2D eigenvalue weighted by atomic mass is 9.64. The molecule has 2 atom stereocenters. The molecule has 0 aromatic heterocycles. The second-order valence-corrected chi connectivity index (χ2v) is 6.54. The minimum absolute atomic E-state index is 0.0186. The van der Waals surface area contributed by atoms with Crippen molar-refractivity contribution in [1.82, 2.24) is 0 Å². The molecular weight excluding hydrogens is 234 g/mol. The van der Waals surface area contributed by atoms with E-state index in [0.29, 0.717) is 24.3 Å². The van der Waals surface area contributed by atoms with Crippen LogP contribution in [0.4, 0.5) is 8.78 Å². The predicted octanol–water partition coefficient (Wildman–Crippen LogP) is 4.00. The summed E-state index contributed by atoms with van der Waals surface area (Å²) in [6, 6.07) is 3.33. The van der Waals surface area contributed by atoms with Crippen molar-refractivity contribution in [2.75, 3.05) is 0 Å². The summed E-state index contributed by atoms with van der Waals surface area (Å²) in [4.78, 5) is 0. The van der Waals surface area contributed by atoms with Crippen LogP contribution in [-0.4, -0.2) is 5.11 Å². The van der Waals surface area contributed by atoms with Gasteiger partial charge in [-0.25, -0.2) is 8.78 Å². The Kier molecular flexibility index (Phi) is 3.22. The average molecular weight is 254 g/mol. The van der Waals surface area contributed by atoms with Crippen LogP contribution in [0.3, 0.4) is 0 Å². The molecular formula is C15H20F2O. The molecule has 0 saturated heterocycles. The quantitative estimate of drug-likeness (QED) is 0.803. The summed E-state index contributed by atoms with van der Waals surface area (Å²) in [6.07, 6.45) is 2.11. The fraction of sp³-hybridized carbons (Fsp3) is 0.600. The first-order valence-electron chi connectivity index (χ1n) is 6.39. The van der Waals surface area contributed by atoms with Crippen molar-refractivity contribution < 1.29 is 13.9 Å². The molecule has 1 aromatic carbocycles. The molecule has 2 rings (SSSR count). The molecule has 1 aromatic rings. The first-order chi connectivity index (χ1) is 8.20. The third-order valence-corrected chi connectivity index (χ3v) is 3.76. The Morgan fingerprint density at radius 3 is 2.17 bits per heavy atom. The molecule has 18 heavy (non-hydrogen) atoms. The molecule has 1 N–H and O–H groups in total. The molecule has 0 heterocycles. The monoisotopic (exact) mass is 254 g/mol. The van der Waals surface area contributed by atoms with E-state index in [0.717, 1.165) is 12.5 Å². The van der Waals surface area contributed by atoms with E-state index in [2.05, 4.69) is 20.8 Å². The van der Waals surface area contributed by atoms with Crippen molar-refractivity contribution >= 4 is 0 Å². The van der Waals surface area contributed by atoms with E-state index in [1.165, 1.54) is 12.1 Å². The topological polar surface area (TPSA) is 20.2 Å². The van der Waals surface area contributed by atoms with E-state index < -0.39 is 17.2 Å². The van der Waals surface area contributed by atoms with Crippen LogP contribution in [0.2, 0.25) is 0 Å². The van der Waals surface area contributed by atoms with E-state index in [4.69, 9.17) is 0 Å². The Hall–Kier alpha value is -0.960. The third kappa shape index (κ3) is 2.72. The second-order valence-electron chi connectivity index (χ2n) is 6.54. The lowest BCUT2D eigenvalue weighted by Crippen LogP contribution is -2.40. The molecule has 1 aliphatic carbocycles. The summed E-state index contributed by atoms with van der Waals surface area (Å²) in [7, 11) is 0. The zero-order valence-electron chi connectivity index (χ0n) is 11.1. The SMILES string of the molecule is CC1CC(C)(C)CC(O)(c2cc(F)cc(F)c2)C1. The van der Waals surface area contributed by atoms with Gasteiger partial charge in [-0.05, 0) is 48.3 Å². The molecule has 2 unspecified atom stereocenters. The number of hydrogen-bond acceptors (Lipinski definition) is 1. The van der Waals surface area contributed by atoms with Crippen molar-refractivity contribution in [2.24, 2.45) is 11.3 Å². The maximum atomic E-state index is 13.3. The maximum absolute atomic E-state index is 13.3. The smallest absolute Gasteiger partial charge is 0.126 e. The third-order valence-electron chi connectivity index (χ3n) is 3.76. The van der Waals surface area contributed by atoms with Crippen molar-refractivity contribution in [3.63, 3.8) is 0 Å². The van der Waals surface area contributed by atoms with Crippen LogP contribution in [0.5, 0.6) is 0 Å². The van der Waals surface area contributed by atoms with Crippen LogP contribution >= 0.6 is 0 Å². The number of halogens is 2. The van der Waals surface area contributed by atoms with Gasteiger partial charge in [0.1, 0.15) is 11.6 Å². The second kappa shape index (κ2) is 4.30. The summed E-state index contributed by atoms with van der Waals surface area (Å²) in [5.41, 5.74) is -0.779. The van der Waals surface area contributed by atoms with E-state index in [-0.39, 0.29) is 5.41 Å². The molecule has 100 valence electrons. The first kappa shape index (κ1) is 13.5. The van der Waals surface area contributed by atoms with Gasteiger partial charge in [0, 0.05) is 6.07 Å². The molecule has 0 bridgehead atoms. The van der Waals surface area contributed by atoms with Gasteiger partial charge in [0.15, 0.2) is 0 Å². The Bertz CT molecular complexity index is 436. The van der Waals surface area contributed by atoms with Crippen LogP contribution in [-0.2, 0) is 5.60 Å². The van der Waals surface area contributed by atoms with Crippen LogP contribution < -0.4 is 0 Å². The standard InChI is InChI=1S/C15H20F2O/c1-10-7-14(2,3)9-15(18,8-10)11-4-12(16)6-13(17)5-11/h4-6,10,18H,7-9H2,1-3H3. The van der Waals surface area contributed by atoms with Gasteiger partial charge in [-0.1, -0.05) is 20.8 Å². The predicted molar refractivity (Wildman–Crippen MR) is 67.1 cm³/mol. The lowest BCUT2D eigenvalue weighted by molar-refractivity contribution is -0.0638. The average Bonchev–Trinajstić information content (AvgIpc) is 2.11. The largest absolute Gasteiger partial charge is 0.385 e. The number of benzene rings is 1. The normalized spacial score (nSPS) is 31.3. The Balaban J connectivity index is 2.40. The summed E-state index contributed by atoms with van der Waals surface area (Å²) in [5, 5.41) is 10.8. The lowest BCUT2D eigenvalue weighted by Gasteiger charge is -2.45. The molecule has 0 spiro atoms. The van der Waals surface area contributed by atoms with Crippen LogP contribution in [0, 0.1) is 23.0 Å². The van der Waals surface area contributed by atoms with Gasteiger partial charge in [0.25, 0.3) is 0 Å². The summed E-state index contributed by atoms with van der Waals surface area (Å²) in [6.45, 7) is 6.24.